The molecule has 0 amide bonds. The van der Waals surface area contributed by atoms with E-state index < -0.39 is 0 Å². The van der Waals surface area contributed by atoms with Crippen LogP contribution in [0.3, 0.4) is 0 Å². The lowest BCUT2D eigenvalue weighted by molar-refractivity contribution is -0.111. The first kappa shape index (κ1) is 10.5. The first-order valence-electron chi connectivity index (χ1n) is 4.94. The molecule has 0 radical (unpaired) electrons. The van der Waals surface area contributed by atoms with Crippen LogP contribution in [0.2, 0.25) is 0 Å². The number of aldehydes is 1. The Labute approximate surface area is 80.2 Å². The van der Waals surface area contributed by atoms with Crippen LogP contribution >= 0.6 is 0 Å². The third kappa shape index (κ3) is 2.66. The van der Waals surface area contributed by atoms with Gasteiger partial charge < -0.3 is 10.5 Å². The Morgan fingerprint density at radius 3 is 2.85 bits per heavy atom. The number of hydrogen-bond acceptors (Lipinski definition) is 2. The van der Waals surface area contributed by atoms with Crippen LogP contribution in [0, 0.1) is 17.3 Å². The minimum absolute atomic E-state index is 0.0941. The van der Waals surface area contributed by atoms with Gasteiger partial charge in [-0.15, -0.1) is 0 Å². The summed E-state index contributed by atoms with van der Waals surface area (Å²) in [6.07, 6.45) is 7.27. The number of nitrogens with two attached hydrogens (primary N) is 1. The Hall–Kier alpha value is -0.630. The van der Waals surface area contributed by atoms with Crippen molar-refractivity contribution in [3.05, 3.63) is 12.2 Å². The van der Waals surface area contributed by atoms with Gasteiger partial charge in [0.25, 0.3) is 0 Å². The molecule has 1 aliphatic carbocycles. The Bertz CT molecular complexity index is 208. The van der Waals surface area contributed by atoms with Gasteiger partial charge in [0.05, 0.1) is 0 Å². The van der Waals surface area contributed by atoms with E-state index >= 15 is 0 Å². The molecule has 0 spiro atoms. The highest BCUT2D eigenvalue weighted by Gasteiger charge is 2.29. The van der Waals surface area contributed by atoms with E-state index in [2.05, 4.69) is 19.9 Å². The number of carbonyl (C=O) groups excluding carboxylic acids is 1. The first-order chi connectivity index (χ1) is 6.09. The number of rotatable bonds is 3. The summed E-state index contributed by atoms with van der Waals surface area (Å²) >= 11 is 0. The van der Waals surface area contributed by atoms with Crippen LogP contribution in [-0.2, 0) is 4.79 Å². The molecular formula is C11H19NO. The summed E-state index contributed by atoms with van der Waals surface area (Å²) < 4.78 is 0. The lowest BCUT2D eigenvalue weighted by atomic mass is 9.71. The van der Waals surface area contributed by atoms with Gasteiger partial charge in [-0.25, -0.2) is 0 Å². The molecule has 0 heterocycles. The summed E-state index contributed by atoms with van der Waals surface area (Å²) in [5, 5.41) is 0. The predicted octanol–water partition coefficient (Wildman–Crippen LogP) is 1.75. The third-order valence-electron chi connectivity index (χ3n) is 2.80. The monoisotopic (exact) mass is 181 g/mol. The molecule has 0 fully saturated rings. The molecule has 2 nitrogen and oxygen atoms in total. The molecule has 74 valence electrons. The van der Waals surface area contributed by atoms with Gasteiger partial charge in [-0.2, -0.15) is 0 Å². The maximum absolute atomic E-state index is 10.8. The normalized spacial score (nSPS) is 31.6. The van der Waals surface area contributed by atoms with E-state index in [4.69, 9.17) is 5.73 Å². The average molecular weight is 181 g/mol. The molecule has 1 rings (SSSR count). The molecule has 0 saturated heterocycles. The molecule has 0 aliphatic heterocycles. The first-order valence-corrected chi connectivity index (χ1v) is 4.94. The van der Waals surface area contributed by atoms with E-state index in [9.17, 15) is 4.79 Å². The minimum atomic E-state index is 0.0941. The van der Waals surface area contributed by atoms with Gasteiger partial charge in [0, 0.05) is 5.92 Å². The Morgan fingerprint density at radius 2 is 2.31 bits per heavy atom. The summed E-state index contributed by atoms with van der Waals surface area (Å²) in [5.41, 5.74) is 5.76. The van der Waals surface area contributed by atoms with Crippen molar-refractivity contribution in [2.45, 2.75) is 26.7 Å². The van der Waals surface area contributed by atoms with Crippen LogP contribution in [0.25, 0.3) is 0 Å². The van der Waals surface area contributed by atoms with Gasteiger partial charge in [0.2, 0.25) is 0 Å². The zero-order valence-electron chi connectivity index (χ0n) is 8.49. The van der Waals surface area contributed by atoms with E-state index in [1.165, 1.54) is 0 Å². The molecule has 0 saturated carbocycles. The van der Waals surface area contributed by atoms with Crippen molar-refractivity contribution in [1.82, 2.24) is 0 Å². The van der Waals surface area contributed by atoms with Crippen LogP contribution in [0.4, 0.5) is 0 Å². The van der Waals surface area contributed by atoms with Crippen molar-refractivity contribution in [2.24, 2.45) is 23.0 Å². The molecule has 2 atom stereocenters. The molecule has 2 heteroatoms. The Balaban J connectivity index is 2.70. The SMILES string of the molecule is CC1(C)C=CC(C=O)C(CCN)C1. The zero-order chi connectivity index (χ0) is 9.90. The highest BCUT2D eigenvalue weighted by molar-refractivity contribution is 5.57. The Morgan fingerprint density at radius 1 is 1.62 bits per heavy atom. The van der Waals surface area contributed by atoms with E-state index in [1.807, 2.05) is 6.08 Å². The van der Waals surface area contributed by atoms with Crippen molar-refractivity contribution in [3.63, 3.8) is 0 Å². The second-order valence-corrected chi connectivity index (χ2v) is 4.60. The van der Waals surface area contributed by atoms with E-state index in [1.54, 1.807) is 0 Å². The molecule has 13 heavy (non-hydrogen) atoms. The zero-order valence-corrected chi connectivity index (χ0v) is 8.49. The smallest absolute Gasteiger partial charge is 0.127 e. The van der Waals surface area contributed by atoms with Gasteiger partial charge >= 0.3 is 0 Å². The summed E-state index contributed by atoms with van der Waals surface area (Å²) in [4.78, 5) is 10.8. The predicted molar refractivity (Wildman–Crippen MR) is 54.3 cm³/mol. The quantitative estimate of drug-likeness (QED) is 0.532. The Kier molecular flexibility index (Phi) is 3.26. The fourth-order valence-electron chi connectivity index (χ4n) is 2.07. The highest BCUT2D eigenvalue weighted by atomic mass is 16.1. The molecular weight excluding hydrogens is 162 g/mol. The molecule has 0 aromatic rings. The summed E-state index contributed by atoms with van der Waals surface area (Å²) in [7, 11) is 0. The topological polar surface area (TPSA) is 43.1 Å². The molecule has 1 aliphatic rings. The van der Waals surface area contributed by atoms with E-state index in [0.717, 1.165) is 19.1 Å². The van der Waals surface area contributed by atoms with Crippen LogP contribution in [0.5, 0.6) is 0 Å². The van der Waals surface area contributed by atoms with Gasteiger partial charge in [-0.3, -0.25) is 0 Å². The van der Waals surface area contributed by atoms with Crippen molar-refractivity contribution in [2.75, 3.05) is 6.54 Å². The van der Waals surface area contributed by atoms with Crippen molar-refractivity contribution < 1.29 is 4.79 Å². The standard InChI is InChI=1S/C11H19NO/c1-11(2)5-3-10(8-13)9(7-11)4-6-12/h3,5,8-10H,4,6-7,12H2,1-2H3. The largest absolute Gasteiger partial charge is 0.330 e. The molecule has 2 N–H and O–H groups in total. The molecule has 0 aromatic carbocycles. The molecule has 0 bridgehead atoms. The van der Waals surface area contributed by atoms with Crippen LogP contribution in [-0.4, -0.2) is 12.8 Å². The van der Waals surface area contributed by atoms with Crippen molar-refractivity contribution >= 4 is 6.29 Å². The summed E-state index contributed by atoms with van der Waals surface area (Å²) in [6, 6.07) is 0. The fraction of sp³-hybridized carbons (Fsp3) is 0.727. The number of hydrogen-bond donors (Lipinski definition) is 1. The third-order valence-corrected chi connectivity index (χ3v) is 2.80. The summed E-state index contributed by atoms with van der Waals surface area (Å²) in [5.74, 6) is 0.541. The number of allylic oxidation sites excluding steroid dienone is 2. The van der Waals surface area contributed by atoms with Gasteiger partial charge in [0.15, 0.2) is 0 Å². The minimum Gasteiger partial charge on any atom is -0.330 e. The van der Waals surface area contributed by atoms with Crippen LogP contribution < -0.4 is 5.73 Å². The maximum Gasteiger partial charge on any atom is 0.127 e. The van der Waals surface area contributed by atoms with E-state index in [-0.39, 0.29) is 11.3 Å². The number of carbonyl (C=O) groups is 1. The lowest BCUT2D eigenvalue weighted by Crippen LogP contribution is -2.28. The summed E-state index contributed by atoms with van der Waals surface area (Å²) in [6.45, 7) is 5.08. The average Bonchev–Trinajstić information content (AvgIpc) is 2.04. The lowest BCUT2D eigenvalue weighted by Gasteiger charge is -2.33. The second kappa shape index (κ2) is 4.05. The maximum atomic E-state index is 10.8. The van der Waals surface area contributed by atoms with Gasteiger partial charge in [-0.05, 0) is 30.7 Å². The van der Waals surface area contributed by atoms with Crippen molar-refractivity contribution in [3.8, 4) is 0 Å². The van der Waals surface area contributed by atoms with E-state index in [0.29, 0.717) is 12.5 Å². The second-order valence-electron chi connectivity index (χ2n) is 4.60. The van der Waals surface area contributed by atoms with Crippen LogP contribution in [0.1, 0.15) is 26.7 Å². The highest BCUT2D eigenvalue weighted by Crippen LogP contribution is 2.37. The molecule has 2 unspecified atom stereocenters. The van der Waals surface area contributed by atoms with Crippen molar-refractivity contribution in [1.29, 1.82) is 0 Å². The van der Waals surface area contributed by atoms with Crippen LogP contribution in [0.15, 0.2) is 12.2 Å². The van der Waals surface area contributed by atoms with Gasteiger partial charge in [-0.1, -0.05) is 26.0 Å². The fourth-order valence-corrected chi connectivity index (χ4v) is 2.07. The van der Waals surface area contributed by atoms with Gasteiger partial charge in [0.1, 0.15) is 6.29 Å². The molecule has 0 aromatic heterocycles.